The van der Waals surface area contributed by atoms with Crippen molar-refractivity contribution >= 4 is 28.2 Å². The number of urea groups is 1. The van der Waals surface area contributed by atoms with Gasteiger partial charge in [-0.15, -0.1) is 4.28 Å². The molecule has 2 aliphatic heterocycles. The molecular weight excluding hydrogens is 346 g/mol. The maximum Gasteiger partial charge on any atom is 0.418 e. The Balaban J connectivity index is 2.24. The lowest BCUT2D eigenvalue weighted by atomic mass is 9.96. The number of amides is 4. The first-order valence-corrected chi connectivity index (χ1v) is 7.50. The highest BCUT2D eigenvalue weighted by Gasteiger charge is 2.62. The van der Waals surface area contributed by atoms with Crippen LogP contribution in [0.5, 0.6) is 0 Å². The quantitative estimate of drug-likeness (QED) is 0.407. The molecule has 0 unspecified atom stereocenters. The molecule has 0 aliphatic carbocycles. The van der Waals surface area contributed by atoms with Crippen molar-refractivity contribution in [3.8, 4) is 0 Å². The number of hydrazine groups is 1. The lowest BCUT2D eigenvalue weighted by molar-refractivity contribution is -0.154. The van der Waals surface area contributed by atoms with Crippen LogP contribution in [-0.2, 0) is 24.3 Å². The number of alkyl halides is 2. The first kappa shape index (κ1) is 17.3. The fraction of sp³-hybridized carbons (Fsp3) is 0.667. The predicted octanol–water partition coefficient (Wildman–Crippen LogP) is -1.60. The third kappa shape index (κ3) is 3.48. The summed E-state index contributed by atoms with van der Waals surface area (Å²) in [5.74, 6) is -5.41. The van der Waals surface area contributed by atoms with Gasteiger partial charge in [-0.05, 0) is 0 Å². The van der Waals surface area contributed by atoms with E-state index >= 15 is 0 Å². The Morgan fingerprint density at radius 2 is 2.00 bits per heavy atom. The van der Waals surface area contributed by atoms with Crippen molar-refractivity contribution in [2.45, 2.75) is 31.4 Å². The number of halogens is 2. The van der Waals surface area contributed by atoms with Crippen LogP contribution in [0, 0.1) is 0 Å². The van der Waals surface area contributed by atoms with Crippen molar-refractivity contribution in [1.29, 1.82) is 0 Å². The summed E-state index contributed by atoms with van der Waals surface area (Å²) in [4.78, 5) is 35.2. The van der Waals surface area contributed by atoms with E-state index in [-0.39, 0.29) is 5.06 Å². The normalized spacial score (nSPS) is 26.2. The summed E-state index contributed by atoms with van der Waals surface area (Å²) in [5, 5.41) is -0.180. The summed E-state index contributed by atoms with van der Waals surface area (Å²) < 4.78 is 61.9. The second kappa shape index (κ2) is 5.54. The largest absolute Gasteiger partial charge is 0.418 e. The van der Waals surface area contributed by atoms with Crippen molar-refractivity contribution in [3.05, 3.63) is 0 Å². The Morgan fingerprint density at radius 3 is 2.52 bits per heavy atom. The van der Waals surface area contributed by atoms with E-state index in [1.807, 2.05) is 10.9 Å². The molecule has 3 N–H and O–H groups in total. The number of hydrogen-bond donors (Lipinski definition) is 3. The summed E-state index contributed by atoms with van der Waals surface area (Å²) in [6.45, 7) is 0.369. The van der Waals surface area contributed by atoms with Crippen LogP contribution in [0.15, 0.2) is 0 Å². The van der Waals surface area contributed by atoms with E-state index in [1.54, 1.807) is 0 Å². The molecule has 0 saturated carbocycles. The summed E-state index contributed by atoms with van der Waals surface area (Å²) in [5.41, 5.74) is 3.75. The van der Waals surface area contributed by atoms with Gasteiger partial charge in [0.25, 0.3) is 11.8 Å². The van der Waals surface area contributed by atoms with Gasteiger partial charge in [-0.1, -0.05) is 0 Å². The van der Waals surface area contributed by atoms with Gasteiger partial charge in [-0.3, -0.25) is 25.0 Å². The molecule has 2 rings (SSSR count). The minimum atomic E-state index is -5.20. The van der Waals surface area contributed by atoms with Gasteiger partial charge < -0.3 is 4.90 Å². The van der Waals surface area contributed by atoms with E-state index in [1.165, 1.54) is 0 Å². The van der Waals surface area contributed by atoms with Gasteiger partial charge >= 0.3 is 16.4 Å². The van der Waals surface area contributed by atoms with E-state index < -0.39 is 59.2 Å². The SMILES string of the molecule is CC(=O)NNC(=O)[C@@H]1CC(F)(F)[C@@H]2CN1C(=O)N2OS(=O)(=O)O. The van der Waals surface area contributed by atoms with Crippen LogP contribution in [-0.4, -0.2) is 65.3 Å². The Bertz CT molecular complexity index is 654. The van der Waals surface area contributed by atoms with Gasteiger partial charge in [0.15, 0.2) is 0 Å². The Morgan fingerprint density at radius 1 is 1.39 bits per heavy atom. The summed E-state index contributed by atoms with van der Waals surface area (Å²) in [7, 11) is -5.20. The molecule has 0 aromatic heterocycles. The lowest BCUT2D eigenvalue weighted by Crippen LogP contribution is -2.58. The molecule has 2 atom stereocenters. The summed E-state index contributed by atoms with van der Waals surface area (Å²) in [6, 6.07) is -4.97. The van der Waals surface area contributed by atoms with Crippen LogP contribution in [0.4, 0.5) is 13.6 Å². The van der Waals surface area contributed by atoms with Gasteiger partial charge in [0, 0.05) is 13.3 Å². The van der Waals surface area contributed by atoms with Crippen molar-refractivity contribution in [1.82, 2.24) is 20.8 Å². The molecular formula is C9H12F2N4O7S. The highest BCUT2D eigenvalue weighted by atomic mass is 32.3. The highest BCUT2D eigenvalue weighted by Crippen LogP contribution is 2.40. The Hall–Kier alpha value is -2.06. The number of piperidine rings is 1. The number of hydroxylamine groups is 2. The average Bonchev–Trinajstić information content (AvgIpc) is 2.66. The number of carbonyl (C=O) groups excluding carboxylic acids is 3. The molecule has 130 valence electrons. The second-order valence-electron chi connectivity index (χ2n) is 4.93. The van der Waals surface area contributed by atoms with Crippen LogP contribution in [0.25, 0.3) is 0 Å². The molecule has 0 aromatic rings. The van der Waals surface area contributed by atoms with Gasteiger partial charge in [0.1, 0.15) is 12.1 Å². The second-order valence-corrected chi connectivity index (χ2v) is 5.93. The Labute approximate surface area is 128 Å². The van der Waals surface area contributed by atoms with Gasteiger partial charge in [-0.2, -0.15) is 13.5 Å². The molecule has 2 heterocycles. The molecule has 14 heteroatoms. The fourth-order valence-corrected chi connectivity index (χ4v) is 2.69. The summed E-state index contributed by atoms with van der Waals surface area (Å²) >= 11 is 0. The maximum atomic E-state index is 14.1. The van der Waals surface area contributed by atoms with Crippen molar-refractivity contribution in [2.24, 2.45) is 0 Å². The molecule has 23 heavy (non-hydrogen) atoms. The smallest absolute Gasteiger partial charge is 0.308 e. The van der Waals surface area contributed by atoms with E-state index in [9.17, 15) is 31.6 Å². The fourth-order valence-electron chi connectivity index (χ4n) is 2.32. The first-order valence-electron chi connectivity index (χ1n) is 6.13. The van der Waals surface area contributed by atoms with Gasteiger partial charge in [-0.25, -0.2) is 13.6 Å². The van der Waals surface area contributed by atoms with E-state index in [0.29, 0.717) is 4.90 Å². The van der Waals surface area contributed by atoms with Crippen molar-refractivity contribution in [3.63, 3.8) is 0 Å². The molecule has 2 fully saturated rings. The number of hydrogen-bond acceptors (Lipinski definition) is 6. The van der Waals surface area contributed by atoms with Crippen LogP contribution >= 0.6 is 0 Å². The van der Waals surface area contributed by atoms with Crippen LogP contribution in [0.1, 0.15) is 13.3 Å². The molecule has 4 amide bonds. The number of fused-ring (bicyclic) bond motifs is 2. The molecule has 0 aromatic carbocycles. The first-order chi connectivity index (χ1) is 10.4. The monoisotopic (exact) mass is 358 g/mol. The number of nitrogens with one attached hydrogen (secondary N) is 2. The lowest BCUT2D eigenvalue weighted by Gasteiger charge is -2.34. The van der Waals surface area contributed by atoms with Crippen LogP contribution in [0.3, 0.4) is 0 Å². The molecule has 11 nitrogen and oxygen atoms in total. The minimum absolute atomic E-state index is 0.180. The highest BCUT2D eigenvalue weighted by molar-refractivity contribution is 7.80. The Kier molecular flexibility index (Phi) is 4.16. The van der Waals surface area contributed by atoms with Gasteiger partial charge in [0.05, 0.1) is 6.54 Å². The molecule has 2 bridgehead atoms. The molecule has 0 spiro atoms. The molecule has 0 radical (unpaired) electrons. The van der Waals surface area contributed by atoms with Gasteiger partial charge in [0.2, 0.25) is 5.91 Å². The van der Waals surface area contributed by atoms with Crippen LogP contribution in [0.2, 0.25) is 0 Å². The minimum Gasteiger partial charge on any atom is -0.308 e. The zero-order valence-electron chi connectivity index (χ0n) is 11.5. The third-order valence-electron chi connectivity index (χ3n) is 3.26. The number of rotatable bonds is 3. The topological polar surface area (TPSA) is 145 Å². The standard InChI is InChI=1S/C9H12F2N4O7S/c1-4(16)12-13-7(17)5-2-9(10,11)6-3-14(5)8(18)15(6)22-23(19,20)21/h5-6H,2-3H2,1H3,(H,12,16)(H,13,17)(H,19,20,21)/t5-,6-/m0/s1. The molecule has 2 saturated heterocycles. The third-order valence-corrected chi connectivity index (χ3v) is 3.60. The summed E-state index contributed by atoms with van der Waals surface area (Å²) in [6.07, 6.45) is -1.11. The number of nitrogens with zero attached hydrogens (tertiary/aromatic N) is 2. The van der Waals surface area contributed by atoms with E-state index in [4.69, 9.17) is 4.55 Å². The van der Waals surface area contributed by atoms with E-state index in [0.717, 1.165) is 6.92 Å². The zero-order chi connectivity index (χ0) is 17.6. The van der Waals surface area contributed by atoms with Crippen LogP contribution < -0.4 is 10.9 Å². The maximum absolute atomic E-state index is 14.1. The van der Waals surface area contributed by atoms with E-state index in [2.05, 4.69) is 4.28 Å². The van der Waals surface area contributed by atoms with Crippen molar-refractivity contribution in [2.75, 3.05) is 6.54 Å². The van der Waals surface area contributed by atoms with Crippen molar-refractivity contribution < 1.29 is 40.4 Å². The average molecular weight is 358 g/mol. The zero-order valence-corrected chi connectivity index (χ0v) is 12.3. The molecule has 2 aliphatic rings. The number of carbonyl (C=O) groups is 3. The predicted molar refractivity (Wildman–Crippen MR) is 65.7 cm³/mol.